The number of aryl methyl sites for hydroxylation is 1. The first kappa shape index (κ1) is 20.1. The molecule has 0 fully saturated rings. The molecule has 30 heavy (non-hydrogen) atoms. The third-order valence-electron chi connectivity index (χ3n) is 4.35. The fourth-order valence-electron chi connectivity index (χ4n) is 2.94. The Kier molecular flexibility index (Phi) is 5.83. The van der Waals surface area contributed by atoms with Crippen LogP contribution >= 0.6 is 22.9 Å². The molecule has 6 nitrogen and oxygen atoms in total. The molecule has 1 amide bonds. The summed E-state index contributed by atoms with van der Waals surface area (Å²) >= 11 is 7.29. The van der Waals surface area contributed by atoms with Crippen molar-refractivity contribution < 1.29 is 13.9 Å². The summed E-state index contributed by atoms with van der Waals surface area (Å²) in [6, 6.07) is 13.8. The number of amides is 1. The van der Waals surface area contributed by atoms with Crippen molar-refractivity contribution in [3.8, 4) is 5.75 Å². The molecule has 4 rings (SSSR count). The van der Waals surface area contributed by atoms with Crippen LogP contribution in [0.3, 0.4) is 0 Å². The second-order valence-electron chi connectivity index (χ2n) is 6.66. The van der Waals surface area contributed by atoms with E-state index < -0.39 is 5.63 Å². The Hall–Kier alpha value is -3.16. The standard InChI is InChI=1S/C22H17ClN2O4S/c1-13-8-22(27)29-19-9-15(4-7-18(13)19)24-20(26)10-16-12-30-21(25-16)11-28-17-5-2-14(23)3-6-17/h2-9,12H,10-11H2,1H3,(H,24,26). The normalized spacial score (nSPS) is 10.9. The lowest BCUT2D eigenvalue weighted by Gasteiger charge is -2.06. The third kappa shape index (κ3) is 4.87. The molecule has 0 spiro atoms. The molecule has 0 unspecified atom stereocenters. The molecule has 152 valence electrons. The molecular formula is C22H17ClN2O4S. The van der Waals surface area contributed by atoms with Gasteiger partial charge in [-0.2, -0.15) is 0 Å². The van der Waals surface area contributed by atoms with Crippen molar-refractivity contribution in [2.24, 2.45) is 0 Å². The Morgan fingerprint density at radius 2 is 2.00 bits per heavy atom. The molecule has 8 heteroatoms. The smallest absolute Gasteiger partial charge is 0.336 e. The quantitative estimate of drug-likeness (QED) is 0.428. The maximum absolute atomic E-state index is 12.4. The van der Waals surface area contributed by atoms with E-state index in [1.54, 1.807) is 36.4 Å². The molecule has 2 aromatic carbocycles. The van der Waals surface area contributed by atoms with Gasteiger partial charge in [0.15, 0.2) is 0 Å². The monoisotopic (exact) mass is 440 g/mol. The zero-order valence-electron chi connectivity index (χ0n) is 16.0. The van der Waals surface area contributed by atoms with Crippen molar-refractivity contribution in [1.82, 2.24) is 4.98 Å². The van der Waals surface area contributed by atoms with Gasteiger partial charge < -0.3 is 14.5 Å². The van der Waals surface area contributed by atoms with Gasteiger partial charge in [-0.15, -0.1) is 11.3 Å². The highest BCUT2D eigenvalue weighted by Gasteiger charge is 2.10. The van der Waals surface area contributed by atoms with E-state index in [1.807, 2.05) is 18.4 Å². The second kappa shape index (κ2) is 8.69. The number of carbonyl (C=O) groups is 1. The number of aromatic nitrogens is 1. The summed E-state index contributed by atoms with van der Waals surface area (Å²) in [4.78, 5) is 28.4. The summed E-state index contributed by atoms with van der Waals surface area (Å²) < 4.78 is 10.9. The van der Waals surface area contributed by atoms with Crippen molar-refractivity contribution >= 4 is 45.5 Å². The zero-order valence-corrected chi connectivity index (χ0v) is 17.5. The van der Waals surface area contributed by atoms with E-state index in [0.717, 1.165) is 16.0 Å². The predicted molar refractivity (Wildman–Crippen MR) is 117 cm³/mol. The Morgan fingerprint density at radius 1 is 1.20 bits per heavy atom. The maximum atomic E-state index is 12.4. The topological polar surface area (TPSA) is 81.4 Å². The number of nitrogens with zero attached hydrogens (tertiary/aromatic N) is 1. The van der Waals surface area contributed by atoms with Crippen LogP contribution < -0.4 is 15.7 Å². The number of thiazole rings is 1. The summed E-state index contributed by atoms with van der Waals surface area (Å²) in [6.45, 7) is 2.16. The Bertz CT molecular complexity index is 1260. The average molecular weight is 441 g/mol. The Labute approximate surface area is 181 Å². The van der Waals surface area contributed by atoms with Gasteiger partial charge in [0, 0.05) is 33.6 Å². The van der Waals surface area contributed by atoms with Gasteiger partial charge in [-0.3, -0.25) is 4.79 Å². The van der Waals surface area contributed by atoms with Crippen molar-refractivity contribution in [3.63, 3.8) is 0 Å². The predicted octanol–water partition coefficient (Wildman–Crippen LogP) is 4.97. The summed E-state index contributed by atoms with van der Waals surface area (Å²) in [5.74, 6) is 0.493. The van der Waals surface area contributed by atoms with Gasteiger partial charge >= 0.3 is 5.63 Å². The fraction of sp³-hybridized carbons (Fsp3) is 0.136. The van der Waals surface area contributed by atoms with Gasteiger partial charge in [-0.25, -0.2) is 9.78 Å². The summed E-state index contributed by atoms with van der Waals surface area (Å²) in [7, 11) is 0. The maximum Gasteiger partial charge on any atom is 0.336 e. The van der Waals surface area contributed by atoms with Crippen LogP contribution in [0.5, 0.6) is 5.75 Å². The van der Waals surface area contributed by atoms with Gasteiger partial charge in [0.25, 0.3) is 0 Å². The first-order valence-electron chi connectivity index (χ1n) is 9.12. The number of carbonyl (C=O) groups excluding carboxylic acids is 1. The van der Waals surface area contributed by atoms with E-state index in [0.29, 0.717) is 34.3 Å². The third-order valence-corrected chi connectivity index (χ3v) is 5.48. The Balaban J connectivity index is 1.37. The molecule has 0 radical (unpaired) electrons. The average Bonchev–Trinajstić information content (AvgIpc) is 3.14. The van der Waals surface area contributed by atoms with Crippen LogP contribution in [0.2, 0.25) is 5.02 Å². The number of fused-ring (bicyclic) bond motifs is 1. The van der Waals surface area contributed by atoms with E-state index in [-0.39, 0.29) is 12.3 Å². The summed E-state index contributed by atoms with van der Waals surface area (Å²) in [5.41, 5.74) is 2.07. The summed E-state index contributed by atoms with van der Waals surface area (Å²) in [5, 5.41) is 6.90. The van der Waals surface area contributed by atoms with E-state index in [2.05, 4.69) is 10.3 Å². The zero-order chi connectivity index (χ0) is 21.1. The molecule has 4 aromatic rings. The van der Waals surface area contributed by atoms with E-state index in [9.17, 15) is 9.59 Å². The fourth-order valence-corrected chi connectivity index (χ4v) is 3.78. The van der Waals surface area contributed by atoms with Crippen LogP contribution in [-0.4, -0.2) is 10.9 Å². The van der Waals surface area contributed by atoms with Crippen LogP contribution in [0.4, 0.5) is 5.69 Å². The van der Waals surface area contributed by atoms with E-state index in [1.165, 1.54) is 17.4 Å². The van der Waals surface area contributed by atoms with Crippen LogP contribution in [0.15, 0.2) is 63.1 Å². The number of halogens is 1. The van der Waals surface area contributed by atoms with Gasteiger partial charge in [-0.1, -0.05) is 11.6 Å². The first-order valence-corrected chi connectivity index (χ1v) is 10.4. The molecule has 0 aliphatic heterocycles. The van der Waals surface area contributed by atoms with Crippen molar-refractivity contribution in [3.05, 3.63) is 85.6 Å². The van der Waals surface area contributed by atoms with Crippen molar-refractivity contribution in [2.75, 3.05) is 5.32 Å². The molecule has 0 aliphatic carbocycles. The molecule has 2 heterocycles. The Morgan fingerprint density at radius 3 is 2.80 bits per heavy atom. The number of nitrogens with one attached hydrogen (secondary N) is 1. The minimum absolute atomic E-state index is 0.132. The number of ether oxygens (including phenoxy) is 1. The number of hydrogen-bond acceptors (Lipinski definition) is 6. The lowest BCUT2D eigenvalue weighted by molar-refractivity contribution is -0.115. The van der Waals surface area contributed by atoms with Gasteiger partial charge in [0.05, 0.1) is 12.1 Å². The van der Waals surface area contributed by atoms with Crippen molar-refractivity contribution in [2.45, 2.75) is 20.0 Å². The largest absolute Gasteiger partial charge is 0.486 e. The molecule has 2 aromatic heterocycles. The molecule has 0 atom stereocenters. The summed E-state index contributed by atoms with van der Waals surface area (Å²) in [6.07, 6.45) is 0.132. The van der Waals surface area contributed by atoms with E-state index >= 15 is 0 Å². The number of hydrogen-bond donors (Lipinski definition) is 1. The molecule has 0 saturated heterocycles. The highest BCUT2D eigenvalue weighted by atomic mass is 35.5. The number of benzene rings is 2. The molecule has 0 bridgehead atoms. The highest BCUT2D eigenvalue weighted by Crippen LogP contribution is 2.21. The highest BCUT2D eigenvalue weighted by molar-refractivity contribution is 7.09. The second-order valence-corrected chi connectivity index (χ2v) is 8.04. The lowest BCUT2D eigenvalue weighted by Crippen LogP contribution is -2.14. The van der Waals surface area contributed by atoms with Gasteiger partial charge in [-0.05, 0) is 48.9 Å². The van der Waals surface area contributed by atoms with Crippen LogP contribution in [0, 0.1) is 6.92 Å². The minimum Gasteiger partial charge on any atom is -0.486 e. The van der Waals surface area contributed by atoms with Gasteiger partial charge in [0.2, 0.25) is 5.91 Å². The molecule has 1 N–H and O–H groups in total. The minimum atomic E-state index is -0.417. The number of anilines is 1. The molecule has 0 saturated carbocycles. The van der Waals surface area contributed by atoms with Crippen LogP contribution in [-0.2, 0) is 17.8 Å². The van der Waals surface area contributed by atoms with E-state index in [4.69, 9.17) is 20.8 Å². The SMILES string of the molecule is Cc1cc(=O)oc2cc(NC(=O)Cc3csc(COc4ccc(Cl)cc4)n3)ccc12. The molecular weight excluding hydrogens is 424 g/mol. The number of rotatable bonds is 6. The van der Waals surface area contributed by atoms with Crippen molar-refractivity contribution in [1.29, 1.82) is 0 Å². The first-order chi connectivity index (χ1) is 14.5. The lowest BCUT2D eigenvalue weighted by atomic mass is 10.1. The van der Waals surface area contributed by atoms with Crippen LogP contribution in [0.1, 0.15) is 16.3 Å². The molecule has 0 aliphatic rings. The van der Waals surface area contributed by atoms with Crippen LogP contribution in [0.25, 0.3) is 11.0 Å². The van der Waals surface area contributed by atoms with Gasteiger partial charge in [0.1, 0.15) is 22.9 Å².